The molecule has 0 unspecified atom stereocenters. The molecule has 0 saturated heterocycles. The molecule has 0 atom stereocenters. The molecule has 0 fully saturated rings. The quantitative estimate of drug-likeness (QED) is 0.639. The van der Waals surface area contributed by atoms with Gasteiger partial charge in [-0.05, 0) is 36.8 Å². The van der Waals surface area contributed by atoms with E-state index in [0.29, 0.717) is 36.8 Å². The first kappa shape index (κ1) is 20.2. The van der Waals surface area contributed by atoms with E-state index in [1.165, 1.54) is 13.2 Å². The van der Waals surface area contributed by atoms with Crippen LogP contribution in [-0.2, 0) is 13.2 Å². The summed E-state index contributed by atoms with van der Waals surface area (Å²) in [5.41, 5.74) is 2.18. The molecule has 2 aromatic carbocycles. The van der Waals surface area contributed by atoms with Crippen LogP contribution < -0.4 is 20.3 Å². The minimum Gasteiger partial charge on any atom is -0.496 e. The van der Waals surface area contributed by atoms with E-state index in [1.54, 1.807) is 28.8 Å². The third-order valence-corrected chi connectivity index (χ3v) is 4.51. The molecule has 0 spiro atoms. The van der Waals surface area contributed by atoms with Gasteiger partial charge in [0.05, 0.1) is 7.11 Å². The lowest BCUT2D eigenvalue weighted by atomic mass is 10.2. The zero-order valence-electron chi connectivity index (χ0n) is 16.6. The highest BCUT2D eigenvalue weighted by atomic mass is 16.5. The fraction of sp³-hybridized carbons (Fsp3) is 0.217. The molecule has 0 saturated carbocycles. The standard InChI is InChI=1S/C23H24N2O4/c1-17-13-21(28-2)15-22(26)25(17)12-11-24-23(27)19-9-6-10-20(14-19)29-16-18-7-4-3-5-8-18/h3-10,13-15H,11-12,16H2,1-2H3,(H,24,27). The molecule has 150 valence electrons. The Balaban J connectivity index is 1.56. The van der Waals surface area contributed by atoms with E-state index in [1.807, 2.05) is 43.3 Å². The van der Waals surface area contributed by atoms with Crippen LogP contribution in [0.15, 0.2) is 71.5 Å². The molecule has 6 nitrogen and oxygen atoms in total. The molecule has 3 rings (SSSR count). The first-order chi connectivity index (χ1) is 14.1. The van der Waals surface area contributed by atoms with Gasteiger partial charge in [-0.3, -0.25) is 9.59 Å². The van der Waals surface area contributed by atoms with Crippen LogP contribution in [-0.4, -0.2) is 24.1 Å². The number of aromatic nitrogens is 1. The predicted octanol–water partition coefficient (Wildman–Crippen LogP) is 3.17. The monoisotopic (exact) mass is 392 g/mol. The van der Waals surface area contributed by atoms with Crippen molar-refractivity contribution >= 4 is 5.91 Å². The van der Waals surface area contributed by atoms with Gasteiger partial charge in [0.25, 0.3) is 11.5 Å². The van der Waals surface area contributed by atoms with Crippen LogP contribution in [0.25, 0.3) is 0 Å². The summed E-state index contributed by atoms with van der Waals surface area (Å²) in [6.07, 6.45) is 0. The number of hydrogen-bond donors (Lipinski definition) is 1. The first-order valence-electron chi connectivity index (χ1n) is 9.37. The number of nitrogens with one attached hydrogen (secondary N) is 1. The summed E-state index contributed by atoms with van der Waals surface area (Å²) in [5, 5.41) is 2.85. The van der Waals surface area contributed by atoms with E-state index in [0.717, 1.165) is 11.3 Å². The van der Waals surface area contributed by atoms with Gasteiger partial charge in [-0.15, -0.1) is 0 Å². The molecule has 0 aliphatic carbocycles. The average molecular weight is 392 g/mol. The molecule has 0 aliphatic rings. The van der Waals surface area contributed by atoms with Crippen LogP contribution in [0.1, 0.15) is 21.6 Å². The number of hydrogen-bond acceptors (Lipinski definition) is 4. The van der Waals surface area contributed by atoms with Gasteiger partial charge in [0, 0.05) is 30.4 Å². The Morgan fingerprint density at radius 2 is 1.79 bits per heavy atom. The van der Waals surface area contributed by atoms with Crippen molar-refractivity contribution in [2.24, 2.45) is 0 Å². The van der Waals surface area contributed by atoms with Crippen molar-refractivity contribution in [3.05, 3.63) is 93.9 Å². The maximum Gasteiger partial charge on any atom is 0.254 e. The highest BCUT2D eigenvalue weighted by Gasteiger charge is 2.08. The van der Waals surface area contributed by atoms with Crippen LogP contribution in [0.5, 0.6) is 11.5 Å². The molecular formula is C23H24N2O4. The maximum absolute atomic E-state index is 12.5. The summed E-state index contributed by atoms with van der Waals surface area (Å²) in [7, 11) is 1.52. The second-order valence-electron chi connectivity index (χ2n) is 6.58. The second kappa shape index (κ2) is 9.59. The number of pyridine rings is 1. The van der Waals surface area contributed by atoms with Gasteiger partial charge >= 0.3 is 0 Å². The van der Waals surface area contributed by atoms with Crippen molar-refractivity contribution in [1.29, 1.82) is 0 Å². The molecule has 1 aromatic heterocycles. The Kier molecular flexibility index (Phi) is 6.68. The van der Waals surface area contributed by atoms with E-state index < -0.39 is 0 Å². The van der Waals surface area contributed by atoms with Crippen LogP contribution in [0.2, 0.25) is 0 Å². The van der Waals surface area contributed by atoms with E-state index in [9.17, 15) is 9.59 Å². The third kappa shape index (κ3) is 5.48. The Bertz CT molecular complexity index is 1030. The van der Waals surface area contributed by atoms with Gasteiger partial charge in [0.15, 0.2) is 0 Å². The zero-order chi connectivity index (χ0) is 20.6. The lowest BCUT2D eigenvalue weighted by molar-refractivity contribution is 0.0951. The van der Waals surface area contributed by atoms with Crippen LogP contribution >= 0.6 is 0 Å². The topological polar surface area (TPSA) is 69.6 Å². The minimum atomic E-state index is -0.214. The van der Waals surface area contributed by atoms with Crippen molar-refractivity contribution in [1.82, 2.24) is 9.88 Å². The zero-order valence-corrected chi connectivity index (χ0v) is 16.6. The van der Waals surface area contributed by atoms with Crippen LogP contribution in [0.4, 0.5) is 0 Å². The smallest absolute Gasteiger partial charge is 0.254 e. The fourth-order valence-corrected chi connectivity index (χ4v) is 2.95. The van der Waals surface area contributed by atoms with Gasteiger partial charge in [-0.25, -0.2) is 0 Å². The van der Waals surface area contributed by atoms with E-state index >= 15 is 0 Å². The molecule has 3 aromatic rings. The summed E-state index contributed by atoms with van der Waals surface area (Å²) in [6, 6.07) is 20.1. The second-order valence-corrected chi connectivity index (χ2v) is 6.58. The molecule has 1 N–H and O–H groups in total. The Labute approximate surface area is 169 Å². The van der Waals surface area contributed by atoms with Crippen LogP contribution in [0, 0.1) is 6.92 Å². The number of benzene rings is 2. The van der Waals surface area contributed by atoms with Crippen molar-refractivity contribution in [2.45, 2.75) is 20.1 Å². The van der Waals surface area contributed by atoms with Gasteiger partial charge in [0.2, 0.25) is 0 Å². The highest BCUT2D eigenvalue weighted by Crippen LogP contribution is 2.15. The maximum atomic E-state index is 12.5. The molecule has 1 heterocycles. The summed E-state index contributed by atoms with van der Waals surface area (Å²) < 4.78 is 12.5. The summed E-state index contributed by atoms with van der Waals surface area (Å²) in [4.78, 5) is 24.6. The number of methoxy groups -OCH3 is 1. The number of ether oxygens (including phenoxy) is 2. The van der Waals surface area contributed by atoms with Gasteiger partial charge in [-0.1, -0.05) is 36.4 Å². The Hall–Kier alpha value is -3.54. The summed E-state index contributed by atoms with van der Waals surface area (Å²) in [5.74, 6) is 0.943. The number of nitrogens with zero attached hydrogens (tertiary/aromatic N) is 1. The van der Waals surface area contributed by atoms with E-state index in [2.05, 4.69) is 5.32 Å². The molecule has 0 bridgehead atoms. The lowest BCUT2D eigenvalue weighted by Gasteiger charge is -2.12. The molecule has 6 heteroatoms. The minimum absolute atomic E-state index is 0.160. The molecule has 1 amide bonds. The largest absolute Gasteiger partial charge is 0.496 e. The van der Waals surface area contributed by atoms with Crippen molar-refractivity contribution in [3.8, 4) is 11.5 Å². The van der Waals surface area contributed by atoms with Gasteiger partial charge in [-0.2, -0.15) is 0 Å². The fourth-order valence-electron chi connectivity index (χ4n) is 2.95. The lowest BCUT2D eigenvalue weighted by Crippen LogP contribution is -2.31. The number of amides is 1. The molecular weight excluding hydrogens is 368 g/mol. The molecule has 29 heavy (non-hydrogen) atoms. The number of carbonyl (C=O) groups is 1. The van der Waals surface area contributed by atoms with E-state index in [4.69, 9.17) is 9.47 Å². The van der Waals surface area contributed by atoms with Gasteiger partial charge in [0.1, 0.15) is 18.1 Å². The highest BCUT2D eigenvalue weighted by molar-refractivity contribution is 5.94. The third-order valence-electron chi connectivity index (χ3n) is 4.51. The molecule has 0 aliphatic heterocycles. The number of rotatable bonds is 8. The van der Waals surface area contributed by atoms with Crippen LogP contribution in [0.3, 0.4) is 0 Å². The summed E-state index contributed by atoms with van der Waals surface area (Å²) in [6.45, 7) is 2.98. The molecule has 0 radical (unpaired) electrons. The average Bonchev–Trinajstić information content (AvgIpc) is 2.74. The predicted molar refractivity (Wildman–Crippen MR) is 112 cm³/mol. The van der Waals surface area contributed by atoms with Crippen molar-refractivity contribution in [2.75, 3.05) is 13.7 Å². The Morgan fingerprint density at radius 1 is 1.00 bits per heavy atom. The number of carbonyl (C=O) groups excluding carboxylic acids is 1. The van der Waals surface area contributed by atoms with Gasteiger partial charge < -0.3 is 19.4 Å². The normalized spacial score (nSPS) is 10.4. The van der Waals surface area contributed by atoms with E-state index in [-0.39, 0.29) is 11.5 Å². The summed E-state index contributed by atoms with van der Waals surface area (Å²) >= 11 is 0. The number of aryl methyl sites for hydroxylation is 1. The Morgan fingerprint density at radius 3 is 2.52 bits per heavy atom. The first-order valence-corrected chi connectivity index (χ1v) is 9.37. The van der Waals surface area contributed by atoms with Crippen molar-refractivity contribution in [3.63, 3.8) is 0 Å². The van der Waals surface area contributed by atoms with Crippen molar-refractivity contribution < 1.29 is 14.3 Å². The SMILES string of the molecule is COc1cc(C)n(CCNC(=O)c2cccc(OCc3ccccc3)c2)c(=O)c1.